The molecule has 0 aliphatic carbocycles. The van der Waals surface area contributed by atoms with E-state index in [9.17, 15) is 4.79 Å². The molecule has 18 heavy (non-hydrogen) atoms. The zero-order valence-corrected chi connectivity index (χ0v) is 11.4. The molecule has 0 saturated heterocycles. The Kier molecular flexibility index (Phi) is 5.27. The van der Waals surface area contributed by atoms with Gasteiger partial charge < -0.3 is 11.1 Å². The molecule has 1 heterocycles. The maximum absolute atomic E-state index is 11.9. The molecule has 6 nitrogen and oxygen atoms in total. The summed E-state index contributed by atoms with van der Waals surface area (Å²) in [5, 5.41) is 6.97. The molecular weight excluding hydrogens is 230 g/mol. The molecule has 1 atom stereocenters. The summed E-state index contributed by atoms with van der Waals surface area (Å²) in [6, 6.07) is 0. The van der Waals surface area contributed by atoms with Crippen molar-refractivity contribution in [3.05, 3.63) is 12.7 Å². The molecule has 1 aromatic rings. The number of amides is 1. The van der Waals surface area contributed by atoms with E-state index in [0.717, 1.165) is 6.42 Å². The van der Waals surface area contributed by atoms with Crippen molar-refractivity contribution >= 4 is 5.91 Å². The van der Waals surface area contributed by atoms with Gasteiger partial charge in [-0.2, -0.15) is 5.10 Å². The molecule has 3 N–H and O–H groups in total. The maximum Gasteiger partial charge on any atom is 0.222 e. The summed E-state index contributed by atoms with van der Waals surface area (Å²) in [6.07, 6.45) is 4.32. The van der Waals surface area contributed by atoms with Crippen molar-refractivity contribution < 1.29 is 4.79 Å². The van der Waals surface area contributed by atoms with Crippen molar-refractivity contribution in [2.45, 2.75) is 45.7 Å². The normalized spacial score (nSPS) is 14.5. The van der Waals surface area contributed by atoms with Crippen LogP contribution in [-0.4, -0.2) is 32.8 Å². The van der Waals surface area contributed by atoms with Gasteiger partial charge in [-0.3, -0.25) is 9.48 Å². The van der Waals surface area contributed by atoms with Crippen molar-refractivity contribution in [2.75, 3.05) is 6.54 Å². The molecule has 0 aliphatic heterocycles. The standard InChI is InChI=1S/C12H23N5O/c1-10(2)6-12(3,7-13)16-11(18)4-5-17-9-14-8-15-17/h8-10H,4-7,13H2,1-3H3,(H,16,18). The predicted octanol–water partition coefficient (Wildman–Crippen LogP) is 0.548. The van der Waals surface area contributed by atoms with Crippen molar-refractivity contribution in [3.63, 3.8) is 0 Å². The molecule has 102 valence electrons. The number of hydrogen-bond acceptors (Lipinski definition) is 4. The summed E-state index contributed by atoms with van der Waals surface area (Å²) in [6.45, 7) is 7.21. The van der Waals surface area contributed by atoms with Crippen molar-refractivity contribution in [1.29, 1.82) is 0 Å². The Morgan fingerprint density at radius 3 is 2.78 bits per heavy atom. The topological polar surface area (TPSA) is 85.8 Å². The van der Waals surface area contributed by atoms with Gasteiger partial charge in [0.1, 0.15) is 12.7 Å². The molecule has 0 aliphatic rings. The molecule has 0 radical (unpaired) electrons. The van der Waals surface area contributed by atoms with Crippen LogP contribution in [0.25, 0.3) is 0 Å². The summed E-state index contributed by atoms with van der Waals surface area (Å²) in [5.41, 5.74) is 5.43. The van der Waals surface area contributed by atoms with Gasteiger partial charge >= 0.3 is 0 Å². The number of rotatable bonds is 7. The lowest BCUT2D eigenvalue weighted by molar-refractivity contribution is -0.123. The van der Waals surface area contributed by atoms with E-state index >= 15 is 0 Å². The highest BCUT2D eigenvalue weighted by atomic mass is 16.1. The summed E-state index contributed by atoms with van der Waals surface area (Å²) < 4.78 is 1.64. The van der Waals surface area contributed by atoms with Crippen molar-refractivity contribution in [2.24, 2.45) is 11.7 Å². The monoisotopic (exact) mass is 253 g/mol. The first-order valence-corrected chi connectivity index (χ1v) is 6.29. The van der Waals surface area contributed by atoms with Gasteiger partial charge in [0, 0.05) is 18.5 Å². The molecule has 1 unspecified atom stereocenters. The van der Waals surface area contributed by atoms with Gasteiger partial charge in [-0.1, -0.05) is 13.8 Å². The lowest BCUT2D eigenvalue weighted by Crippen LogP contribution is -2.52. The van der Waals surface area contributed by atoms with Gasteiger partial charge in [0.15, 0.2) is 0 Å². The number of carbonyl (C=O) groups is 1. The molecular formula is C12H23N5O. The number of aromatic nitrogens is 3. The van der Waals surface area contributed by atoms with E-state index in [1.165, 1.54) is 6.33 Å². The highest BCUT2D eigenvalue weighted by Crippen LogP contribution is 2.15. The first-order chi connectivity index (χ1) is 8.45. The maximum atomic E-state index is 11.9. The number of carbonyl (C=O) groups excluding carboxylic acids is 1. The number of hydrogen-bond donors (Lipinski definition) is 2. The highest BCUT2D eigenvalue weighted by molar-refractivity contribution is 5.76. The van der Waals surface area contributed by atoms with Gasteiger partial charge in [0.2, 0.25) is 5.91 Å². The first-order valence-electron chi connectivity index (χ1n) is 6.29. The van der Waals surface area contributed by atoms with Gasteiger partial charge in [0.25, 0.3) is 0 Å². The quantitative estimate of drug-likeness (QED) is 0.743. The van der Waals surface area contributed by atoms with E-state index in [2.05, 4.69) is 29.2 Å². The van der Waals surface area contributed by atoms with E-state index < -0.39 is 0 Å². The molecule has 1 amide bonds. The van der Waals surface area contributed by atoms with Crippen LogP contribution in [0, 0.1) is 5.92 Å². The Bertz CT molecular complexity index is 363. The third-order valence-electron chi connectivity index (χ3n) is 2.79. The molecule has 1 rings (SSSR count). The fourth-order valence-electron chi connectivity index (χ4n) is 2.05. The smallest absolute Gasteiger partial charge is 0.222 e. The average Bonchev–Trinajstić information content (AvgIpc) is 2.78. The van der Waals surface area contributed by atoms with Crippen LogP contribution in [0.4, 0.5) is 0 Å². The fourth-order valence-corrected chi connectivity index (χ4v) is 2.05. The van der Waals surface area contributed by atoms with Crippen LogP contribution in [0.1, 0.15) is 33.6 Å². The van der Waals surface area contributed by atoms with E-state index in [1.807, 2.05) is 6.92 Å². The molecule has 0 aromatic carbocycles. The minimum atomic E-state index is -0.326. The van der Waals surface area contributed by atoms with Crippen LogP contribution >= 0.6 is 0 Å². The molecule has 0 bridgehead atoms. The van der Waals surface area contributed by atoms with Crippen LogP contribution in [0.3, 0.4) is 0 Å². The zero-order chi connectivity index (χ0) is 13.6. The second-order valence-corrected chi connectivity index (χ2v) is 5.32. The molecule has 0 saturated carbocycles. The van der Waals surface area contributed by atoms with E-state index in [1.54, 1.807) is 11.0 Å². The molecule has 1 aromatic heterocycles. The number of aryl methyl sites for hydroxylation is 1. The second-order valence-electron chi connectivity index (χ2n) is 5.32. The number of nitrogens with one attached hydrogen (secondary N) is 1. The van der Waals surface area contributed by atoms with Gasteiger partial charge in [-0.25, -0.2) is 4.98 Å². The van der Waals surface area contributed by atoms with Crippen LogP contribution in [0.2, 0.25) is 0 Å². The SMILES string of the molecule is CC(C)CC(C)(CN)NC(=O)CCn1cncn1. The summed E-state index contributed by atoms with van der Waals surface area (Å²) in [4.78, 5) is 15.7. The Balaban J connectivity index is 2.42. The van der Waals surface area contributed by atoms with Crippen molar-refractivity contribution in [3.8, 4) is 0 Å². The Morgan fingerprint density at radius 1 is 1.56 bits per heavy atom. The number of nitrogens with zero attached hydrogens (tertiary/aromatic N) is 3. The Labute approximate surface area is 108 Å². The third kappa shape index (κ3) is 4.83. The molecule has 6 heteroatoms. The van der Waals surface area contributed by atoms with Crippen LogP contribution in [0.5, 0.6) is 0 Å². The van der Waals surface area contributed by atoms with Gasteiger partial charge in [0.05, 0.1) is 6.54 Å². The lowest BCUT2D eigenvalue weighted by Gasteiger charge is -2.31. The third-order valence-corrected chi connectivity index (χ3v) is 2.79. The van der Waals surface area contributed by atoms with E-state index in [4.69, 9.17) is 5.73 Å². The second kappa shape index (κ2) is 6.49. The predicted molar refractivity (Wildman–Crippen MR) is 69.7 cm³/mol. The average molecular weight is 253 g/mol. The fraction of sp³-hybridized carbons (Fsp3) is 0.750. The van der Waals surface area contributed by atoms with Crippen molar-refractivity contribution in [1.82, 2.24) is 20.1 Å². The van der Waals surface area contributed by atoms with E-state index in [-0.39, 0.29) is 11.4 Å². The Morgan fingerprint density at radius 2 is 2.28 bits per heavy atom. The van der Waals surface area contributed by atoms with Crippen LogP contribution in [-0.2, 0) is 11.3 Å². The Hall–Kier alpha value is -1.43. The van der Waals surface area contributed by atoms with Crippen LogP contribution in [0.15, 0.2) is 12.7 Å². The summed E-state index contributed by atoms with van der Waals surface area (Å²) in [7, 11) is 0. The molecule has 0 spiro atoms. The van der Waals surface area contributed by atoms with Crippen LogP contribution < -0.4 is 11.1 Å². The van der Waals surface area contributed by atoms with Gasteiger partial charge in [-0.05, 0) is 19.3 Å². The first kappa shape index (κ1) is 14.6. The lowest BCUT2D eigenvalue weighted by atomic mass is 9.90. The largest absolute Gasteiger partial charge is 0.350 e. The number of nitrogens with two attached hydrogens (primary N) is 1. The summed E-state index contributed by atoms with van der Waals surface area (Å²) >= 11 is 0. The molecule has 0 fully saturated rings. The van der Waals surface area contributed by atoms with Gasteiger partial charge in [-0.15, -0.1) is 0 Å². The minimum absolute atomic E-state index is 0.000833. The minimum Gasteiger partial charge on any atom is -0.350 e. The van der Waals surface area contributed by atoms with E-state index in [0.29, 0.717) is 25.4 Å². The zero-order valence-electron chi connectivity index (χ0n) is 11.4. The highest BCUT2D eigenvalue weighted by Gasteiger charge is 2.25. The summed E-state index contributed by atoms with van der Waals surface area (Å²) in [5.74, 6) is 0.494.